The minimum absolute atomic E-state index is 1.00. The second kappa shape index (κ2) is 6.68. The van der Waals surface area contributed by atoms with Gasteiger partial charge in [-0.3, -0.25) is 0 Å². The van der Waals surface area contributed by atoms with Gasteiger partial charge in [0, 0.05) is 19.4 Å². The fraction of sp³-hybridized carbons (Fsp3) is 0.692. The van der Waals surface area contributed by atoms with Gasteiger partial charge in [-0.15, -0.1) is 5.92 Å². The number of nitrogens with zero attached hydrogens (tertiary/aromatic N) is 1. The van der Waals surface area contributed by atoms with E-state index < -0.39 is 0 Å². The summed E-state index contributed by atoms with van der Waals surface area (Å²) in [5, 5.41) is 0. The largest absolute Gasteiger partial charge is 0.308 e. The summed E-state index contributed by atoms with van der Waals surface area (Å²) >= 11 is 0. The van der Waals surface area contributed by atoms with E-state index in [1.165, 1.54) is 25.7 Å². The Morgan fingerprint density at radius 3 is 2.79 bits per heavy atom. The maximum atomic E-state index is 3.27. The summed E-state index contributed by atoms with van der Waals surface area (Å²) < 4.78 is 0. The average Bonchev–Trinajstić information content (AvgIpc) is 2.18. The van der Waals surface area contributed by atoms with Crippen LogP contribution in [0.2, 0.25) is 0 Å². The lowest BCUT2D eigenvalue weighted by Gasteiger charge is -2.09. The quantitative estimate of drug-likeness (QED) is 0.490. The molecular formula is C13H21N. The summed E-state index contributed by atoms with van der Waals surface area (Å²) in [7, 11) is 4.18. The number of rotatable bonds is 3. The van der Waals surface area contributed by atoms with E-state index in [-0.39, 0.29) is 0 Å². The summed E-state index contributed by atoms with van der Waals surface area (Å²) in [5.74, 6) is 6.50. The second-order valence-electron chi connectivity index (χ2n) is 4.19. The maximum absolute atomic E-state index is 3.27. The minimum atomic E-state index is 1.00. The molecule has 0 atom stereocenters. The molecule has 0 aromatic rings. The van der Waals surface area contributed by atoms with Gasteiger partial charge in [0.2, 0.25) is 0 Å². The third-order valence-corrected chi connectivity index (χ3v) is 2.51. The first kappa shape index (κ1) is 11.3. The van der Waals surface area contributed by atoms with Crippen molar-refractivity contribution >= 4 is 0 Å². The molecule has 0 spiro atoms. The summed E-state index contributed by atoms with van der Waals surface area (Å²) in [6, 6.07) is 0. The SMILES string of the molecule is CN(C)CCC#CCC1=CCCCC1. The van der Waals surface area contributed by atoms with Gasteiger partial charge in [0.15, 0.2) is 0 Å². The van der Waals surface area contributed by atoms with Crippen LogP contribution in [0.3, 0.4) is 0 Å². The van der Waals surface area contributed by atoms with Crippen LogP contribution < -0.4 is 0 Å². The van der Waals surface area contributed by atoms with E-state index in [0.29, 0.717) is 0 Å². The Labute approximate surface area is 88.2 Å². The predicted octanol–water partition coefficient (Wildman–Crippen LogP) is 2.83. The predicted molar refractivity (Wildman–Crippen MR) is 62.1 cm³/mol. The van der Waals surface area contributed by atoms with Crippen molar-refractivity contribution in [1.82, 2.24) is 4.90 Å². The third kappa shape index (κ3) is 5.09. The van der Waals surface area contributed by atoms with Crippen molar-refractivity contribution < 1.29 is 0 Å². The van der Waals surface area contributed by atoms with Crippen LogP contribution in [0.1, 0.15) is 38.5 Å². The monoisotopic (exact) mass is 191 g/mol. The molecule has 0 heterocycles. The van der Waals surface area contributed by atoms with Gasteiger partial charge in [0.25, 0.3) is 0 Å². The zero-order valence-electron chi connectivity index (χ0n) is 9.47. The van der Waals surface area contributed by atoms with Crippen molar-refractivity contribution in [2.75, 3.05) is 20.6 Å². The standard InChI is InChI=1S/C13H21N/c1-14(2)12-8-4-7-11-13-9-5-3-6-10-13/h9H,3,5-6,8,10-12H2,1-2H3. The number of hydrogen-bond acceptors (Lipinski definition) is 1. The molecular weight excluding hydrogens is 170 g/mol. The fourth-order valence-electron chi connectivity index (χ4n) is 1.61. The van der Waals surface area contributed by atoms with Crippen molar-refractivity contribution in [2.24, 2.45) is 0 Å². The van der Waals surface area contributed by atoms with Crippen molar-refractivity contribution in [3.63, 3.8) is 0 Å². The topological polar surface area (TPSA) is 3.24 Å². The molecule has 1 rings (SSSR count). The van der Waals surface area contributed by atoms with Crippen molar-refractivity contribution in [1.29, 1.82) is 0 Å². The second-order valence-corrected chi connectivity index (χ2v) is 4.19. The minimum Gasteiger partial charge on any atom is -0.308 e. The lowest BCUT2D eigenvalue weighted by atomic mass is 9.97. The van der Waals surface area contributed by atoms with Gasteiger partial charge in [-0.2, -0.15) is 0 Å². The molecule has 0 amide bonds. The van der Waals surface area contributed by atoms with Crippen LogP contribution in [-0.2, 0) is 0 Å². The summed E-state index contributed by atoms with van der Waals surface area (Å²) in [4.78, 5) is 2.18. The summed E-state index contributed by atoms with van der Waals surface area (Å²) in [6.07, 6.45) is 9.68. The van der Waals surface area contributed by atoms with Gasteiger partial charge in [-0.05, 0) is 39.8 Å². The van der Waals surface area contributed by atoms with E-state index in [2.05, 4.69) is 36.9 Å². The highest BCUT2D eigenvalue weighted by atomic mass is 15.0. The number of hydrogen-bond donors (Lipinski definition) is 0. The molecule has 0 bridgehead atoms. The fourth-order valence-corrected chi connectivity index (χ4v) is 1.61. The highest BCUT2D eigenvalue weighted by Crippen LogP contribution is 2.19. The van der Waals surface area contributed by atoms with Crippen LogP contribution in [0.4, 0.5) is 0 Å². The van der Waals surface area contributed by atoms with Gasteiger partial charge >= 0.3 is 0 Å². The molecule has 0 saturated heterocycles. The van der Waals surface area contributed by atoms with Crippen LogP contribution in [-0.4, -0.2) is 25.5 Å². The van der Waals surface area contributed by atoms with Crippen molar-refractivity contribution in [2.45, 2.75) is 38.5 Å². The Kier molecular flexibility index (Phi) is 5.40. The highest BCUT2D eigenvalue weighted by molar-refractivity contribution is 5.15. The molecule has 1 aliphatic rings. The third-order valence-electron chi connectivity index (χ3n) is 2.51. The molecule has 0 radical (unpaired) electrons. The van der Waals surface area contributed by atoms with Crippen LogP contribution in [0.5, 0.6) is 0 Å². The first-order chi connectivity index (χ1) is 6.79. The molecule has 14 heavy (non-hydrogen) atoms. The van der Waals surface area contributed by atoms with E-state index in [9.17, 15) is 0 Å². The molecule has 0 unspecified atom stereocenters. The first-order valence-electron chi connectivity index (χ1n) is 5.57. The summed E-state index contributed by atoms with van der Waals surface area (Å²) in [5.41, 5.74) is 1.56. The first-order valence-corrected chi connectivity index (χ1v) is 5.57. The lowest BCUT2D eigenvalue weighted by molar-refractivity contribution is 0.420. The molecule has 0 aromatic heterocycles. The van der Waals surface area contributed by atoms with Crippen LogP contribution in [0, 0.1) is 11.8 Å². The molecule has 0 aromatic carbocycles. The Bertz CT molecular complexity index is 240. The van der Waals surface area contributed by atoms with Crippen LogP contribution in [0.25, 0.3) is 0 Å². The normalized spacial score (nSPS) is 16.1. The molecule has 1 aliphatic carbocycles. The average molecular weight is 191 g/mol. The highest BCUT2D eigenvalue weighted by Gasteiger charge is 2.00. The summed E-state index contributed by atoms with van der Waals surface area (Å²) in [6.45, 7) is 1.08. The van der Waals surface area contributed by atoms with E-state index in [4.69, 9.17) is 0 Å². The Balaban J connectivity index is 2.15. The smallest absolute Gasteiger partial charge is 0.0299 e. The van der Waals surface area contributed by atoms with Gasteiger partial charge in [-0.25, -0.2) is 0 Å². The van der Waals surface area contributed by atoms with Crippen LogP contribution in [0.15, 0.2) is 11.6 Å². The molecule has 0 N–H and O–H groups in total. The van der Waals surface area contributed by atoms with Gasteiger partial charge in [0.1, 0.15) is 0 Å². The Morgan fingerprint density at radius 2 is 2.14 bits per heavy atom. The van der Waals surface area contributed by atoms with Gasteiger partial charge < -0.3 is 4.90 Å². The van der Waals surface area contributed by atoms with Gasteiger partial charge in [-0.1, -0.05) is 17.6 Å². The van der Waals surface area contributed by atoms with E-state index in [1.807, 2.05) is 0 Å². The Morgan fingerprint density at radius 1 is 1.29 bits per heavy atom. The van der Waals surface area contributed by atoms with Gasteiger partial charge in [0.05, 0.1) is 0 Å². The lowest BCUT2D eigenvalue weighted by Crippen LogP contribution is -2.11. The Hall–Kier alpha value is -0.740. The zero-order valence-corrected chi connectivity index (χ0v) is 9.47. The molecule has 1 heteroatoms. The maximum Gasteiger partial charge on any atom is 0.0299 e. The van der Waals surface area contributed by atoms with Crippen molar-refractivity contribution in [3.8, 4) is 11.8 Å². The molecule has 1 nitrogen and oxygen atoms in total. The van der Waals surface area contributed by atoms with E-state index >= 15 is 0 Å². The number of allylic oxidation sites excluding steroid dienone is 2. The molecule has 0 aliphatic heterocycles. The van der Waals surface area contributed by atoms with E-state index in [0.717, 1.165) is 19.4 Å². The molecule has 78 valence electrons. The van der Waals surface area contributed by atoms with Crippen LogP contribution >= 0.6 is 0 Å². The molecule has 0 saturated carbocycles. The van der Waals surface area contributed by atoms with Crippen molar-refractivity contribution in [3.05, 3.63) is 11.6 Å². The molecule has 0 fully saturated rings. The zero-order chi connectivity index (χ0) is 10.2. The van der Waals surface area contributed by atoms with E-state index in [1.54, 1.807) is 5.57 Å².